The summed E-state index contributed by atoms with van der Waals surface area (Å²) in [6, 6.07) is 7.42. The third-order valence-electron chi connectivity index (χ3n) is 4.35. The molecule has 0 aromatic heterocycles. The predicted octanol–water partition coefficient (Wildman–Crippen LogP) is 4.61. The van der Waals surface area contributed by atoms with Crippen LogP contribution in [0.1, 0.15) is 36.0 Å². The Kier molecular flexibility index (Phi) is 6.05. The summed E-state index contributed by atoms with van der Waals surface area (Å²) in [6.45, 7) is 0. The van der Waals surface area contributed by atoms with Gasteiger partial charge < -0.3 is 5.32 Å². The summed E-state index contributed by atoms with van der Waals surface area (Å²) in [5, 5.41) is 3.01. The van der Waals surface area contributed by atoms with Gasteiger partial charge in [0.1, 0.15) is 5.82 Å². The van der Waals surface area contributed by atoms with Crippen LogP contribution in [0.2, 0.25) is 10.0 Å². The van der Waals surface area contributed by atoms with Gasteiger partial charge in [-0.15, -0.1) is 0 Å². The van der Waals surface area contributed by atoms with Crippen molar-refractivity contribution in [3.63, 3.8) is 0 Å². The Morgan fingerprint density at radius 1 is 1.07 bits per heavy atom. The average Bonchev–Trinajstić information content (AvgIpc) is 3.10. The lowest BCUT2D eigenvalue weighted by Gasteiger charge is -2.14. The van der Waals surface area contributed by atoms with Crippen molar-refractivity contribution in [3.05, 3.63) is 57.8 Å². The third-order valence-corrected chi connectivity index (χ3v) is 6.43. The Morgan fingerprint density at radius 3 is 2.48 bits per heavy atom. The first-order valence-electron chi connectivity index (χ1n) is 8.34. The van der Waals surface area contributed by atoms with E-state index in [4.69, 9.17) is 23.2 Å². The molecule has 1 fully saturated rings. The first-order chi connectivity index (χ1) is 12.8. The highest BCUT2D eigenvalue weighted by atomic mass is 35.5. The Hall–Kier alpha value is -1.67. The van der Waals surface area contributed by atoms with Gasteiger partial charge in [0.2, 0.25) is 10.0 Å². The van der Waals surface area contributed by atoms with E-state index >= 15 is 0 Å². The molecule has 0 aliphatic heterocycles. The van der Waals surface area contributed by atoms with Gasteiger partial charge in [-0.2, -0.15) is 0 Å². The summed E-state index contributed by atoms with van der Waals surface area (Å²) >= 11 is 11.9. The fourth-order valence-electron chi connectivity index (χ4n) is 2.96. The van der Waals surface area contributed by atoms with E-state index in [1.54, 1.807) is 6.07 Å². The smallest absolute Gasteiger partial charge is 0.258 e. The van der Waals surface area contributed by atoms with Crippen molar-refractivity contribution in [2.75, 3.05) is 5.32 Å². The van der Waals surface area contributed by atoms with Crippen molar-refractivity contribution in [1.29, 1.82) is 0 Å². The minimum atomic E-state index is -3.85. The molecular weight excluding hydrogens is 414 g/mol. The maximum absolute atomic E-state index is 14.2. The van der Waals surface area contributed by atoms with Gasteiger partial charge in [-0.25, -0.2) is 17.5 Å². The van der Waals surface area contributed by atoms with Gasteiger partial charge in [0.15, 0.2) is 0 Å². The monoisotopic (exact) mass is 430 g/mol. The van der Waals surface area contributed by atoms with Crippen LogP contribution in [0.25, 0.3) is 0 Å². The molecule has 27 heavy (non-hydrogen) atoms. The van der Waals surface area contributed by atoms with Crippen LogP contribution in [0.3, 0.4) is 0 Å². The molecule has 2 aromatic rings. The summed E-state index contributed by atoms with van der Waals surface area (Å²) in [7, 11) is -3.85. The van der Waals surface area contributed by atoms with Crippen LogP contribution in [0, 0.1) is 5.82 Å². The van der Waals surface area contributed by atoms with Crippen LogP contribution in [0.4, 0.5) is 10.1 Å². The van der Waals surface area contributed by atoms with Crippen LogP contribution < -0.4 is 10.0 Å². The molecule has 1 amide bonds. The summed E-state index contributed by atoms with van der Waals surface area (Å²) in [5.41, 5.74) is -0.203. The molecule has 0 radical (unpaired) electrons. The minimum Gasteiger partial charge on any atom is -0.320 e. The topological polar surface area (TPSA) is 75.3 Å². The second-order valence-corrected chi connectivity index (χ2v) is 8.88. The summed E-state index contributed by atoms with van der Waals surface area (Å²) in [6.07, 6.45) is 3.46. The van der Waals surface area contributed by atoms with E-state index in [0.29, 0.717) is 5.02 Å². The molecule has 1 aliphatic rings. The molecule has 0 saturated heterocycles. The molecule has 2 N–H and O–H groups in total. The van der Waals surface area contributed by atoms with Crippen LogP contribution in [0.5, 0.6) is 0 Å². The Morgan fingerprint density at radius 2 is 1.78 bits per heavy atom. The zero-order valence-corrected chi connectivity index (χ0v) is 16.5. The molecule has 0 spiro atoms. The molecule has 5 nitrogen and oxygen atoms in total. The predicted molar refractivity (Wildman–Crippen MR) is 103 cm³/mol. The van der Waals surface area contributed by atoms with Crippen molar-refractivity contribution >= 4 is 44.8 Å². The standard InChI is InChI=1S/C18H17Cl2FN2O3S/c19-11-5-7-15(20)17(9-11)22-18(24)14-10-13(6-8-16(14)21)27(25,26)23-12-3-1-2-4-12/h5-10,12,23H,1-4H2,(H,22,24). The first-order valence-corrected chi connectivity index (χ1v) is 10.6. The second kappa shape index (κ2) is 8.14. The van der Waals surface area contributed by atoms with Crippen LogP contribution >= 0.6 is 23.2 Å². The maximum Gasteiger partial charge on any atom is 0.258 e. The highest BCUT2D eigenvalue weighted by molar-refractivity contribution is 7.89. The molecule has 3 rings (SSSR count). The molecule has 1 saturated carbocycles. The summed E-state index contributed by atoms with van der Waals surface area (Å²) in [4.78, 5) is 12.3. The third kappa shape index (κ3) is 4.79. The Bertz CT molecular complexity index is 977. The number of halogens is 3. The normalized spacial score (nSPS) is 15.1. The average molecular weight is 431 g/mol. The molecule has 0 unspecified atom stereocenters. The summed E-state index contributed by atoms with van der Waals surface area (Å²) in [5.74, 6) is -1.67. The van der Waals surface area contributed by atoms with Gasteiger partial charge in [-0.05, 0) is 49.2 Å². The molecule has 144 valence electrons. The number of rotatable bonds is 5. The maximum atomic E-state index is 14.2. The Balaban J connectivity index is 1.86. The zero-order chi connectivity index (χ0) is 19.6. The van der Waals surface area contributed by atoms with Crippen molar-refractivity contribution in [2.24, 2.45) is 0 Å². The SMILES string of the molecule is O=C(Nc1cc(Cl)ccc1Cl)c1cc(S(=O)(=O)NC2CCCC2)ccc1F. The number of hydrogen-bond donors (Lipinski definition) is 2. The van der Waals surface area contributed by atoms with E-state index in [1.807, 2.05) is 0 Å². The second-order valence-electron chi connectivity index (χ2n) is 6.32. The van der Waals surface area contributed by atoms with Crippen LogP contribution in [-0.4, -0.2) is 20.4 Å². The highest BCUT2D eigenvalue weighted by Crippen LogP contribution is 2.27. The van der Waals surface area contributed by atoms with E-state index in [2.05, 4.69) is 10.0 Å². The number of benzene rings is 2. The summed E-state index contributed by atoms with van der Waals surface area (Å²) < 4.78 is 41.8. The molecule has 9 heteroatoms. The Labute approximate surface area is 166 Å². The van der Waals surface area contributed by atoms with Crippen LogP contribution in [0.15, 0.2) is 41.3 Å². The fourth-order valence-corrected chi connectivity index (χ4v) is 4.63. The number of amides is 1. The van der Waals surface area contributed by atoms with E-state index in [-0.39, 0.29) is 21.6 Å². The lowest BCUT2D eigenvalue weighted by atomic mass is 10.2. The van der Waals surface area contributed by atoms with Gasteiger partial charge in [-0.3, -0.25) is 4.79 Å². The fraction of sp³-hybridized carbons (Fsp3) is 0.278. The number of nitrogens with one attached hydrogen (secondary N) is 2. The van der Waals surface area contributed by atoms with Gasteiger partial charge in [-0.1, -0.05) is 36.0 Å². The number of carbonyl (C=O) groups is 1. The van der Waals surface area contributed by atoms with E-state index in [1.165, 1.54) is 12.1 Å². The van der Waals surface area contributed by atoms with Gasteiger partial charge >= 0.3 is 0 Å². The first kappa shape index (κ1) is 20.1. The van der Waals surface area contributed by atoms with Crippen molar-refractivity contribution in [3.8, 4) is 0 Å². The minimum absolute atomic E-state index is 0.136. The molecule has 1 aliphatic carbocycles. The van der Waals surface area contributed by atoms with E-state index < -0.39 is 27.3 Å². The largest absolute Gasteiger partial charge is 0.320 e. The van der Waals surface area contributed by atoms with Crippen molar-refractivity contribution in [2.45, 2.75) is 36.6 Å². The van der Waals surface area contributed by atoms with Gasteiger partial charge in [0.25, 0.3) is 5.91 Å². The van der Waals surface area contributed by atoms with Gasteiger partial charge in [0, 0.05) is 11.1 Å². The zero-order valence-electron chi connectivity index (χ0n) is 14.1. The number of sulfonamides is 1. The number of anilines is 1. The quantitative estimate of drug-likeness (QED) is 0.727. The molecule has 2 aromatic carbocycles. The number of hydrogen-bond acceptors (Lipinski definition) is 3. The van der Waals surface area contributed by atoms with E-state index in [9.17, 15) is 17.6 Å². The highest BCUT2D eigenvalue weighted by Gasteiger charge is 2.25. The van der Waals surface area contributed by atoms with Crippen LogP contribution in [-0.2, 0) is 10.0 Å². The molecule has 0 bridgehead atoms. The van der Waals surface area contributed by atoms with Gasteiger partial charge in [0.05, 0.1) is 21.2 Å². The lowest BCUT2D eigenvalue weighted by molar-refractivity contribution is 0.102. The molecule has 0 heterocycles. The van der Waals surface area contributed by atoms with Crippen molar-refractivity contribution in [1.82, 2.24) is 4.72 Å². The van der Waals surface area contributed by atoms with Crippen molar-refractivity contribution < 1.29 is 17.6 Å². The van der Waals surface area contributed by atoms with E-state index in [0.717, 1.165) is 43.9 Å². The number of carbonyl (C=O) groups excluding carboxylic acids is 1. The lowest BCUT2D eigenvalue weighted by Crippen LogP contribution is -2.32. The molecular formula is C18H17Cl2FN2O3S. The molecule has 0 atom stereocenters.